The fourth-order valence-electron chi connectivity index (χ4n) is 1.75. The van der Waals surface area contributed by atoms with Crippen LogP contribution in [0.1, 0.15) is 20.3 Å². The normalized spacial score (nSPS) is 19.2. The summed E-state index contributed by atoms with van der Waals surface area (Å²) in [5.41, 5.74) is -0.935. The van der Waals surface area contributed by atoms with Crippen LogP contribution >= 0.6 is 11.8 Å². The van der Waals surface area contributed by atoms with Crippen LogP contribution in [0.25, 0.3) is 0 Å². The molecule has 1 aliphatic rings. The predicted octanol–water partition coefficient (Wildman–Crippen LogP) is -1.72. The van der Waals surface area contributed by atoms with Gasteiger partial charge in [-0.1, -0.05) is 0 Å². The number of amides is 3. The summed E-state index contributed by atoms with van der Waals surface area (Å²) in [6.07, 6.45) is 0.780. The maximum Gasteiger partial charge on any atom is 0.342 e. The van der Waals surface area contributed by atoms with Crippen molar-refractivity contribution in [1.82, 2.24) is 9.32 Å². The Morgan fingerprint density at radius 2 is 1.72 bits per heavy atom. The largest absolute Gasteiger partial charge is 1.00 e. The number of hydrogen-bond donors (Lipinski definition) is 0. The van der Waals surface area contributed by atoms with Crippen molar-refractivity contribution in [2.75, 3.05) is 34.2 Å². The number of nitrogens with zero attached hydrogens (tertiary/aromatic N) is 3. The Morgan fingerprint density at radius 3 is 2.06 bits per heavy atom. The second kappa shape index (κ2) is 5.63. The van der Waals surface area contributed by atoms with E-state index >= 15 is 0 Å². The molecule has 0 bridgehead atoms. The van der Waals surface area contributed by atoms with Gasteiger partial charge in [0.15, 0.2) is 0 Å². The highest BCUT2D eigenvalue weighted by Crippen LogP contribution is 2.29. The Morgan fingerprint density at radius 1 is 1.22 bits per heavy atom. The third kappa shape index (κ3) is 3.49. The third-order valence-corrected chi connectivity index (χ3v) is 3.44. The highest BCUT2D eigenvalue weighted by molar-refractivity contribution is 6.27. The molecule has 0 aromatic rings. The molecular weight excluding hydrogens is 277 g/mol. The molecule has 0 N–H and O–H groups in total. The van der Waals surface area contributed by atoms with Crippen molar-refractivity contribution in [2.24, 2.45) is 0 Å². The highest BCUT2D eigenvalue weighted by Gasteiger charge is 2.50. The smallest absolute Gasteiger partial charge is 0.342 e. The molecule has 1 fully saturated rings. The van der Waals surface area contributed by atoms with E-state index in [-0.39, 0.29) is 18.3 Å². The second-order valence-corrected chi connectivity index (χ2v) is 6.28. The van der Waals surface area contributed by atoms with Crippen LogP contribution in [-0.4, -0.2) is 65.5 Å². The maximum atomic E-state index is 12.0. The van der Waals surface area contributed by atoms with Crippen LogP contribution in [0, 0.1) is 0 Å². The molecule has 0 unspecified atom stereocenters. The minimum Gasteiger partial charge on any atom is -1.00 e. The van der Waals surface area contributed by atoms with Crippen molar-refractivity contribution in [3.8, 4) is 0 Å². The zero-order valence-electron chi connectivity index (χ0n) is 11.5. The van der Waals surface area contributed by atoms with Crippen molar-refractivity contribution in [3.05, 3.63) is 0 Å². The molecule has 3 amide bonds. The lowest BCUT2D eigenvalue weighted by atomic mass is 10.1. The van der Waals surface area contributed by atoms with Crippen LogP contribution in [-0.2, 0) is 4.79 Å². The molecule has 0 saturated carbocycles. The summed E-state index contributed by atoms with van der Waals surface area (Å²) in [4.78, 5) is 25.0. The minimum absolute atomic E-state index is 0. The van der Waals surface area contributed by atoms with Crippen LogP contribution < -0.4 is 12.4 Å². The van der Waals surface area contributed by atoms with Crippen molar-refractivity contribution in [1.29, 1.82) is 0 Å². The number of imide groups is 1. The molecule has 1 heterocycles. The lowest BCUT2D eigenvalue weighted by Gasteiger charge is -2.24. The second-order valence-electron chi connectivity index (χ2n) is 5.95. The van der Waals surface area contributed by atoms with Gasteiger partial charge < -0.3 is 16.9 Å². The van der Waals surface area contributed by atoms with Crippen LogP contribution in [0.4, 0.5) is 4.79 Å². The molecule has 1 saturated heterocycles. The van der Waals surface area contributed by atoms with Gasteiger partial charge in [-0.3, -0.25) is 9.69 Å². The molecular formula is C11H21Cl2N3O2. The van der Waals surface area contributed by atoms with Gasteiger partial charge in [0.25, 0.3) is 5.91 Å². The lowest BCUT2D eigenvalue weighted by molar-refractivity contribution is -0.870. The Labute approximate surface area is 120 Å². The summed E-state index contributed by atoms with van der Waals surface area (Å²) >= 11 is 5.83. The molecule has 0 radical (unpaired) electrons. The van der Waals surface area contributed by atoms with Gasteiger partial charge in [0.2, 0.25) is 0 Å². The average Bonchev–Trinajstić information content (AvgIpc) is 2.31. The number of quaternary nitrogens is 1. The minimum atomic E-state index is -0.935. The van der Waals surface area contributed by atoms with E-state index in [0.717, 1.165) is 21.9 Å². The Kier molecular flexibility index (Phi) is 5.47. The van der Waals surface area contributed by atoms with Crippen LogP contribution in [0.15, 0.2) is 0 Å². The average molecular weight is 298 g/mol. The van der Waals surface area contributed by atoms with Gasteiger partial charge in [-0.05, 0) is 13.8 Å². The van der Waals surface area contributed by atoms with E-state index in [9.17, 15) is 9.59 Å². The molecule has 0 aromatic heterocycles. The fraction of sp³-hybridized carbons (Fsp3) is 0.818. The first-order valence-electron chi connectivity index (χ1n) is 5.70. The van der Waals surface area contributed by atoms with Gasteiger partial charge >= 0.3 is 6.03 Å². The van der Waals surface area contributed by atoms with E-state index in [2.05, 4.69) is 21.1 Å². The van der Waals surface area contributed by atoms with Gasteiger partial charge in [-0.25, -0.2) is 9.21 Å². The van der Waals surface area contributed by atoms with Crippen LogP contribution in [0.3, 0.4) is 0 Å². The van der Waals surface area contributed by atoms with Gasteiger partial charge in [-0.15, -0.1) is 0 Å². The van der Waals surface area contributed by atoms with E-state index in [1.807, 2.05) is 0 Å². The monoisotopic (exact) mass is 297 g/mol. The van der Waals surface area contributed by atoms with E-state index < -0.39 is 11.6 Å². The first-order valence-corrected chi connectivity index (χ1v) is 6.03. The maximum absolute atomic E-state index is 12.0. The summed E-state index contributed by atoms with van der Waals surface area (Å²) in [5.74, 6) is -0.223. The van der Waals surface area contributed by atoms with E-state index in [1.165, 1.54) is 4.90 Å². The van der Waals surface area contributed by atoms with Crippen molar-refractivity contribution >= 4 is 23.7 Å². The van der Waals surface area contributed by atoms with Gasteiger partial charge in [0.1, 0.15) is 5.54 Å². The number of hydrogen-bond acceptors (Lipinski definition) is 2. The summed E-state index contributed by atoms with van der Waals surface area (Å²) in [6.45, 7) is 4.64. The zero-order valence-corrected chi connectivity index (χ0v) is 13.0. The summed E-state index contributed by atoms with van der Waals surface area (Å²) < 4.78 is 1.80. The van der Waals surface area contributed by atoms with Crippen LogP contribution in [0.2, 0.25) is 0 Å². The third-order valence-electron chi connectivity index (χ3n) is 2.87. The van der Waals surface area contributed by atoms with Crippen molar-refractivity contribution in [2.45, 2.75) is 25.8 Å². The van der Waals surface area contributed by atoms with E-state index in [1.54, 1.807) is 13.8 Å². The highest BCUT2D eigenvalue weighted by atomic mass is 35.5. The van der Waals surface area contributed by atoms with E-state index in [4.69, 9.17) is 11.8 Å². The Balaban J connectivity index is 0.00000289. The number of rotatable bonds is 4. The summed E-state index contributed by atoms with van der Waals surface area (Å²) in [5, 5.41) is 0. The molecule has 0 spiro atoms. The number of carbonyl (C=O) groups is 2. The first-order chi connectivity index (χ1) is 7.57. The number of carbonyl (C=O) groups excluding carboxylic acids is 2. The van der Waals surface area contributed by atoms with Gasteiger partial charge in [0, 0.05) is 24.7 Å². The standard InChI is InChI=1S/C11H21ClN3O2.ClH/c1-11(2)9(16)13(10(17)14(11)12)7-6-8-15(3,4)5;/h6-8H2,1-5H3;1H/q+1;/p-1. The van der Waals surface area contributed by atoms with Gasteiger partial charge in [0.05, 0.1) is 27.7 Å². The lowest BCUT2D eigenvalue weighted by Crippen LogP contribution is -3.00. The van der Waals surface area contributed by atoms with Gasteiger partial charge in [-0.2, -0.15) is 0 Å². The quantitative estimate of drug-likeness (QED) is 0.352. The zero-order chi connectivity index (χ0) is 13.4. The molecule has 7 heteroatoms. The molecule has 0 aliphatic carbocycles. The summed E-state index contributed by atoms with van der Waals surface area (Å²) in [7, 11) is 6.22. The predicted molar refractivity (Wildman–Crippen MR) is 66.4 cm³/mol. The topological polar surface area (TPSA) is 40.6 Å². The molecule has 0 atom stereocenters. The molecule has 0 aromatic carbocycles. The number of urea groups is 1. The molecule has 18 heavy (non-hydrogen) atoms. The molecule has 5 nitrogen and oxygen atoms in total. The van der Waals surface area contributed by atoms with Crippen LogP contribution in [0.5, 0.6) is 0 Å². The molecule has 106 valence electrons. The van der Waals surface area contributed by atoms with Crippen molar-refractivity contribution in [3.63, 3.8) is 0 Å². The van der Waals surface area contributed by atoms with Crippen molar-refractivity contribution < 1.29 is 26.5 Å². The molecule has 1 rings (SSSR count). The Hall–Kier alpha value is -0.520. The Bertz CT molecular complexity index is 340. The fourth-order valence-corrected chi connectivity index (χ4v) is 1.91. The SMILES string of the molecule is CC1(C)C(=O)N(CCC[N+](C)(C)C)C(=O)N1Cl.[Cl-]. The first kappa shape index (κ1) is 17.5. The number of halogens is 2. The summed E-state index contributed by atoms with van der Waals surface area (Å²) in [6, 6.07) is -0.414. The van der Waals surface area contributed by atoms with E-state index in [0.29, 0.717) is 6.54 Å². The molecule has 1 aliphatic heterocycles.